The molecule has 2 aromatic rings. The number of anilines is 1. The predicted molar refractivity (Wildman–Crippen MR) is 100 cm³/mol. The molecule has 0 saturated carbocycles. The molecule has 1 aliphatic rings. The molecule has 25 heavy (non-hydrogen) atoms. The first-order valence-electron chi connectivity index (χ1n) is 8.82. The zero-order valence-corrected chi connectivity index (χ0v) is 15.2. The summed E-state index contributed by atoms with van der Waals surface area (Å²) in [6.07, 6.45) is 4.93. The molecular formula is C19H23N3O2S. The lowest BCUT2D eigenvalue weighted by Gasteiger charge is -2.10. The van der Waals surface area contributed by atoms with Crippen LogP contribution in [-0.4, -0.2) is 23.3 Å². The fourth-order valence-electron chi connectivity index (χ4n) is 3.00. The third kappa shape index (κ3) is 4.25. The number of hydrogen-bond donors (Lipinski definition) is 2. The van der Waals surface area contributed by atoms with Gasteiger partial charge in [-0.15, -0.1) is 11.3 Å². The van der Waals surface area contributed by atoms with E-state index in [1.807, 2.05) is 18.2 Å². The van der Waals surface area contributed by atoms with E-state index in [1.165, 1.54) is 11.3 Å². The van der Waals surface area contributed by atoms with Crippen molar-refractivity contribution in [2.24, 2.45) is 0 Å². The summed E-state index contributed by atoms with van der Waals surface area (Å²) in [6, 6.07) is 9.07. The van der Waals surface area contributed by atoms with E-state index >= 15 is 0 Å². The van der Waals surface area contributed by atoms with Crippen LogP contribution in [0.1, 0.15) is 59.5 Å². The molecule has 1 aromatic carbocycles. The minimum absolute atomic E-state index is 0.0566. The van der Waals surface area contributed by atoms with Crippen LogP contribution in [0, 0.1) is 0 Å². The number of aryl methyl sites for hydroxylation is 1. The minimum atomic E-state index is -0.185. The van der Waals surface area contributed by atoms with Crippen molar-refractivity contribution in [3.8, 4) is 0 Å². The van der Waals surface area contributed by atoms with Crippen molar-refractivity contribution in [3.05, 3.63) is 46.5 Å². The molecule has 132 valence electrons. The number of fused-ring (bicyclic) bond motifs is 1. The summed E-state index contributed by atoms with van der Waals surface area (Å²) in [5, 5.41) is 6.43. The monoisotopic (exact) mass is 357 g/mol. The van der Waals surface area contributed by atoms with Crippen LogP contribution in [0.3, 0.4) is 0 Å². The molecule has 0 spiro atoms. The number of benzene rings is 1. The number of carbonyl (C=O) groups is 2. The fraction of sp³-hybridized carbons (Fsp3) is 0.421. The number of aromatic nitrogens is 1. The van der Waals surface area contributed by atoms with Crippen molar-refractivity contribution < 1.29 is 9.59 Å². The van der Waals surface area contributed by atoms with Gasteiger partial charge in [0.25, 0.3) is 5.91 Å². The molecule has 3 rings (SSSR count). The van der Waals surface area contributed by atoms with Crippen LogP contribution in [0.4, 0.5) is 5.13 Å². The lowest BCUT2D eigenvalue weighted by molar-refractivity contribution is -0.122. The van der Waals surface area contributed by atoms with E-state index in [4.69, 9.17) is 0 Å². The second-order valence-electron chi connectivity index (χ2n) is 6.24. The summed E-state index contributed by atoms with van der Waals surface area (Å²) in [5.74, 6) is -0.301. The molecule has 1 aliphatic carbocycles. The van der Waals surface area contributed by atoms with Gasteiger partial charge >= 0.3 is 0 Å². The summed E-state index contributed by atoms with van der Waals surface area (Å²) in [6.45, 7) is 2.87. The average Bonchev–Trinajstić information content (AvgIpc) is 3.19. The first kappa shape index (κ1) is 17.6. The Hall–Kier alpha value is -2.21. The van der Waals surface area contributed by atoms with Gasteiger partial charge in [0.1, 0.15) is 0 Å². The van der Waals surface area contributed by atoms with E-state index in [-0.39, 0.29) is 17.7 Å². The Kier molecular flexibility index (Phi) is 5.81. The number of nitrogens with zero attached hydrogens (tertiary/aromatic N) is 1. The number of nitrogens with one attached hydrogen (secondary N) is 2. The Morgan fingerprint density at radius 1 is 1.24 bits per heavy atom. The molecule has 1 heterocycles. The van der Waals surface area contributed by atoms with Crippen molar-refractivity contribution in [2.45, 2.75) is 44.9 Å². The number of rotatable bonds is 7. The Morgan fingerprint density at radius 2 is 2.04 bits per heavy atom. The quantitative estimate of drug-likeness (QED) is 0.742. The maximum absolute atomic E-state index is 12.4. The third-order valence-corrected chi connectivity index (χ3v) is 5.42. The summed E-state index contributed by atoms with van der Waals surface area (Å²) < 4.78 is 0. The highest BCUT2D eigenvalue weighted by Gasteiger charge is 2.32. The number of hydrogen-bond acceptors (Lipinski definition) is 4. The van der Waals surface area contributed by atoms with Crippen LogP contribution in [0.15, 0.2) is 30.3 Å². The summed E-state index contributed by atoms with van der Waals surface area (Å²) in [4.78, 5) is 30.3. The van der Waals surface area contributed by atoms with Crippen LogP contribution < -0.4 is 10.6 Å². The van der Waals surface area contributed by atoms with E-state index in [1.54, 1.807) is 12.1 Å². The normalized spacial score (nSPS) is 15.6. The molecule has 6 heteroatoms. The van der Waals surface area contributed by atoms with Crippen LogP contribution in [-0.2, 0) is 11.2 Å². The first-order chi connectivity index (χ1) is 12.2. The fourth-order valence-corrected chi connectivity index (χ4v) is 4.04. The third-order valence-electron chi connectivity index (χ3n) is 4.37. The van der Waals surface area contributed by atoms with Gasteiger partial charge in [-0.05, 0) is 31.4 Å². The molecule has 2 N–H and O–H groups in total. The molecular weight excluding hydrogens is 334 g/mol. The molecule has 0 radical (unpaired) electrons. The van der Waals surface area contributed by atoms with E-state index in [0.29, 0.717) is 10.7 Å². The van der Waals surface area contributed by atoms with Gasteiger partial charge in [-0.1, -0.05) is 38.0 Å². The van der Waals surface area contributed by atoms with Gasteiger partial charge in [0.2, 0.25) is 5.91 Å². The Bertz CT molecular complexity index is 742. The van der Waals surface area contributed by atoms with E-state index in [2.05, 4.69) is 22.5 Å². The maximum Gasteiger partial charge on any atom is 0.257 e. The predicted octanol–water partition coefficient (Wildman–Crippen LogP) is 3.73. The lowest BCUT2D eigenvalue weighted by Crippen LogP contribution is -2.29. The van der Waals surface area contributed by atoms with Crippen LogP contribution in [0.2, 0.25) is 0 Å². The van der Waals surface area contributed by atoms with Gasteiger partial charge in [0.05, 0.1) is 11.6 Å². The second-order valence-corrected chi connectivity index (χ2v) is 7.32. The van der Waals surface area contributed by atoms with Gasteiger partial charge in [0.15, 0.2) is 5.13 Å². The zero-order chi connectivity index (χ0) is 17.6. The minimum Gasteiger partial charge on any atom is -0.356 e. The van der Waals surface area contributed by atoms with Crippen molar-refractivity contribution in [3.63, 3.8) is 0 Å². The van der Waals surface area contributed by atoms with Crippen molar-refractivity contribution in [2.75, 3.05) is 11.9 Å². The number of carbonyl (C=O) groups excluding carboxylic acids is 2. The maximum atomic E-state index is 12.4. The summed E-state index contributed by atoms with van der Waals surface area (Å²) >= 11 is 1.48. The van der Waals surface area contributed by atoms with Gasteiger partial charge in [-0.3, -0.25) is 14.9 Å². The largest absolute Gasteiger partial charge is 0.356 e. The van der Waals surface area contributed by atoms with Gasteiger partial charge in [-0.2, -0.15) is 0 Å². The van der Waals surface area contributed by atoms with Gasteiger partial charge in [-0.25, -0.2) is 4.98 Å². The highest BCUT2D eigenvalue weighted by molar-refractivity contribution is 7.16. The van der Waals surface area contributed by atoms with Crippen molar-refractivity contribution in [1.29, 1.82) is 0 Å². The van der Waals surface area contributed by atoms with Crippen molar-refractivity contribution >= 4 is 28.3 Å². The molecule has 0 aliphatic heterocycles. The molecule has 5 nitrogen and oxygen atoms in total. The molecule has 1 atom stereocenters. The van der Waals surface area contributed by atoms with Crippen molar-refractivity contribution in [1.82, 2.24) is 10.3 Å². The topological polar surface area (TPSA) is 71.1 Å². The van der Waals surface area contributed by atoms with E-state index < -0.39 is 0 Å². The summed E-state index contributed by atoms with van der Waals surface area (Å²) in [5.41, 5.74) is 1.43. The van der Waals surface area contributed by atoms with Gasteiger partial charge in [0, 0.05) is 17.0 Å². The van der Waals surface area contributed by atoms with Crippen LogP contribution >= 0.6 is 11.3 Å². The molecule has 1 aromatic heterocycles. The average molecular weight is 357 g/mol. The molecule has 2 amide bonds. The number of amides is 2. The number of thiazole rings is 1. The standard InChI is InChI=1S/C19H23N3O2S/c1-2-3-7-12-20-18(24)14-10-11-15-16(14)21-19(25-15)22-17(23)13-8-5-4-6-9-13/h4-6,8-9,14H,2-3,7,10-12H2,1H3,(H,20,24)(H,21,22,23). The Morgan fingerprint density at radius 3 is 2.80 bits per heavy atom. The SMILES string of the molecule is CCCCCNC(=O)C1CCc2sc(NC(=O)c3ccccc3)nc21. The summed E-state index contributed by atoms with van der Waals surface area (Å²) in [7, 11) is 0. The highest BCUT2D eigenvalue weighted by atomic mass is 32.1. The van der Waals surface area contributed by atoms with Crippen LogP contribution in [0.5, 0.6) is 0 Å². The smallest absolute Gasteiger partial charge is 0.257 e. The number of unbranched alkanes of at least 4 members (excludes halogenated alkanes) is 2. The second kappa shape index (κ2) is 8.25. The molecule has 0 bridgehead atoms. The Balaban J connectivity index is 1.62. The molecule has 1 unspecified atom stereocenters. The van der Waals surface area contributed by atoms with E-state index in [0.717, 1.165) is 49.2 Å². The zero-order valence-electron chi connectivity index (χ0n) is 14.4. The lowest BCUT2D eigenvalue weighted by atomic mass is 10.1. The Labute approximate surface area is 151 Å². The van der Waals surface area contributed by atoms with Gasteiger partial charge < -0.3 is 5.32 Å². The molecule has 0 fully saturated rings. The highest BCUT2D eigenvalue weighted by Crippen LogP contribution is 2.38. The van der Waals surface area contributed by atoms with Crippen LogP contribution in [0.25, 0.3) is 0 Å². The first-order valence-corrected chi connectivity index (χ1v) is 9.64. The van der Waals surface area contributed by atoms with E-state index in [9.17, 15) is 9.59 Å². The molecule has 0 saturated heterocycles.